The third kappa shape index (κ3) is 3.42. The number of hydrogen-bond donors (Lipinski definition) is 1. The Morgan fingerprint density at radius 2 is 2.25 bits per heavy atom. The highest BCUT2D eigenvalue weighted by molar-refractivity contribution is 7.90. The van der Waals surface area contributed by atoms with E-state index < -0.39 is 15.8 Å². The van der Waals surface area contributed by atoms with Crippen LogP contribution < -0.4 is 0 Å². The maximum absolute atomic E-state index is 11.2. The fourth-order valence-electron chi connectivity index (χ4n) is 1.75. The lowest BCUT2D eigenvalue weighted by Gasteiger charge is -2.04. The first-order chi connectivity index (χ1) is 9.38. The molecule has 1 N–H and O–H groups in total. The molecule has 0 atom stereocenters. The van der Waals surface area contributed by atoms with Crippen molar-refractivity contribution in [3.05, 3.63) is 23.2 Å². The molecule has 0 bridgehead atoms. The van der Waals surface area contributed by atoms with Crippen LogP contribution in [0.4, 0.5) is 0 Å². The lowest BCUT2D eigenvalue weighted by atomic mass is 10.2. The molecule has 2 aromatic rings. The van der Waals surface area contributed by atoms with Gasteiger partial charge in [0.15, 0.2) is 5.69 Å². The minimum atomic E-state index is -3.05. The van der Waals surface area contributed by atoms with Crippen LogP contribution in [-0.4, -0.2) is 46.5 Å². The number of thiophene rings is 1. The minimum absolute atomic E-state index is 0.0269. The van der Waals surface area contributed by atoms with Crippen molar-refractivity contribution in [1.82, 2.24) is 15.0 Å². The summed E-state index contributed by atoms with van der Waals surface area (Å²) in [7, 11) is -3.05. The van der Waals surface area contributed by atoms with Gasteiger partial charge in [0.05, 0.1) is 10.6 Å². The van der Waals surface area contributed by atoms with Crippen LogP contribution in [0.3, 0.4) is 0 Å². The number of rotatable bonds is 6. The quantitative estimate of drug-likeness (QED) is 0.857. The van der Waals surface area contributed by atoms with E-state index in [9.17, 15) is 13.2 Å². The molecule has 0 aliphatic heterocycles. The van der Waals surface area contributed by atoms with Crippen LogP contribution >= 0.6 is 11.3 Å². The second kappa shape index (κ2) is 5.71. The van der Waals surface area contributed by atoms with Gasteiger partial charge >= 0.3 is 5.97 Å². The molecule has 7 nitrogen and oxygen atoms in total. The summed E-state index contributed by atoms with van der Waals surface area (Å²) in [5.74, 6) is -1.12. The summed E-state index contributed by atoms with van der Waals surface area (Å²) in [6, 6.07) is 3.59. The van der Waals surface area contributed by atoms with Crippen LogP contribution in [0.2, 0.25) is 0 Å². The average molecular weight is 315 g/mol. The first-order valence-electron chi connectivity index (χ1n) is 5.77. The van der Waals surface area contributed by atoms with E-state index in [1.165, 1.54) is 16.0 Å². The molecular weight excluding hydrogens is 302 g/mol. The Morgan fingerprint density at radius 3 is 2.80 bits per heavy atom. The molecule has 0 saturated carbocycles. The van der Waals surface area contributed by atoms with Crippen LogP contribution in [0.5, 0.6) is 0 Å². The fraction of sp³-hybridized carbons (Fsp3) is 0.364. The number of sulfone groups is 1. The number of carboxylic acids is 1. The molecule has 108 valence electrons. The molecule has 0 aromatic carbocycles. The number of carbonyl (C=O) groups is 1. The molecule has 0 amide bonds. The van der Waals surface area contributed by atoms with Crippen molar-refractivity contribution in [3.8, 4) is 10.6 Å². The summed E-state index contributed by atoms with van der Waals surface area (Å²) in [5, 5.41) is 18.4. The zero-order valence-electron chi connectivity index (χ0n) is 10.7. The maximum Gasteiger partial charge on any atom is 0.358 e. The third-order valence-corrected chi connectivity index (χ3v) is 4.48. The molecule has 0 saturated heterocycles. The Hall–Kier alpha value is -1.74. The Balaban J connectivity index is 2.28. The van der Waals surface area contributed by atoms with Crippen molar-refractivity contribution in [2.75, 3.05) is 12.0 Å². The topological polar surface area (TPSA) is 102 Å². The lowest BCUT2D eigenvalue weighted by Crippen LogP contribution is -2.09. The number of nitrogens with zero attached hydrogens (tertiary/aromatic N) is 3. The smallest absolute Gasteiger partial charge is 0.358 e. The van der Waals surface area contributed by atoms with E-state index in [1.54, 1.807) is 12.1 Å². The molecule has 0 aliphatic carbocycles. The zero-order valence-corrected chi connectivity index (χ0v) is 12.3. The first kappa shape index (κ1) is 14.7. The standard InChI is InChI=1S/C11H13N3O4S2/c1-20(17,18)7-3-5-14-10(8-4-2-6-19-8)9(11(15)16)12-13-14/h2,4,6H,3,5,7H2,1H3,(H,15,16). The van der Waals surface area contributed by atoms with Gasteiger partial charge in [0.2, 0.25) is 0 Å². The minimum Gasteiger partial charge on any atom is -0.476 e. The van der Waals surface area contributed by atoms with Crippen LogP contribution in [0, 0.1) is 0 Å². The van der Waals surface area contributed by atoms with Gasteiger partial charge in [0.1, 0.15) is 15.5 Å². The first-order valence-corrected chi connectivity index (χ1v) is 8.71. The van der Waals surface area contributed by atoms with Crippen molar-refractivity contribution in [2.45, 2.75) is 13.0 Å². The van der Waals surface area contributed by atoms with Gasteiger partial charge in [-0.05, 0) is 17.9 Å². The highest BCUT2D eigenvalue weighted by atomic mass is 32.2. The highest BCUT2D eigenvalue weighted by Gasteiger charge is 2.21. The van der Waals surface area contributed by atoms with Crippen LogP contribution in [0.25, 0.3) is 10.6 Å². The van der Waals surface area contributed by atoms with Crippen molar-refractivity contribution in [1.29, 1.82) is 0 Å². The molecule has 0 aliphatic rings. The van der Waals surface area contributed by atoms with Gasteiger partial charge in [0.25, 0.3) is 0 Å². The van der Waals surface area contributed by atoms with Gasteiger partial charge in [0, 0.05) is 12.8 Å². The molecule has 0 spiro atoms. The molecule has 2 aromatic heterocycles. The van der Waals surface area contributed by atoms with E-state index in [-0.39, 0.29) is 11.4 Å². The summed E-state index contributed by atoms with van der Waals surface area (Å²) >= 11 is 1.38. The third-order valence-electron chi connectivity index (χ3n) is 2.58. The largest absolute Gasteiger partial charge is 0.476 e. The van der Waals surface area contributed by atoms with Crippen molar-refractivity contribution < 1.29 is 18.3 Å². The van der Waals surface area contributed by atoms with E-state index in [0.29, 0.717) is 18.7 Å². The number of aromatic nitrogens is 3. The molecule has 9 heteroatoms. The molecule has 20 heavy (non-hydrogen) atoms. The molecule has 0 unspecified atom stereocenters. The van der Waals surface area contributed by atoms with E-state index in [4.69, 9.17) is 5.11 Å². The summed E-state index contributed by atoms with van der Waals surface area (Å²) in [5.41, 5.74) is 0.299. The van der Waals surface area contributed by atoms with Gasteiger partial charge in [-0.1, -0.05) is 11.3 Å². The van der Waals surface area contributed by atoms with E-state index in [0.717, 1.165) is 11.1 Å². The van der Waals surface area contributed by atoms with Gasteiger partial charge in [-0.2, -0.15) is 0 Å². The number of aromatic carboxylic acids is 1. The van der Waals surface area contributed by atoms with Crippen LogP contribution in [0.1, 0.15) is 16.9 Å². The number of hydrogen-bond acceptors (Lipinski definition) is 6. The molecule has 0 fully saturated rings. The van der Waals surface area contributed by atoms with Gasteiger partial charge in [-0.25, -0.2) is 17.9 Å². The van der Waals surface area contributed by atoms with Crippen LogP contribution in [-0.2, 0) is 16.4 Å². The monoisotopic (exact) mass is 315 g/mol. The fourth-order valence-corrected chi connectivity index (χ4v) is 3.18. The summed E-state index contributed by atoms with van der Waals surface area (Å²) in [4.78, 5) is 11.9. The Bertz CT molecular complexity index is 704. The summed E-state index contributed by atoms with van der Waals surface area (Å²) < 4.78 is 23.7. The highest BCUT2D eigenvalue weighted by Crippen LogP contribution is 2.27. The van der Waals surface area contributed by atoms with Gasteiger partial charge in [-0.3, -0.25) is 0 Å². The molecule has 2 rings (SSSR count). The van der Waals surface area contributed by atoms with Crippen molar-refractivity contribution >= 4 is 27.1 Å². The Kier molecular flexibility index (Phi) is 4.19. The number of carboxylic acid groups (broad SMARTS) is 1. The predicted octanol–water partition coefficient (Wildman–Crippen LogP) is 1.14. The van der Waals surface area contributed by atoms with Crippen molar-refractivity contribution in [2.24, 2.45) is 0 Å². The summed E-state index contributed by atoms with van der Waals surface area (Å²) in [6.07, 6.45) is 1.52. The molecule has 0 radical (unpaired) electrons. The van der Waals surface area contributed by atoms with Crippen LogP contribution in [0.15, 0.2) is 17.5 Å². The van der Waals surface area contributed by atoms with Crippen molar-refractivity contribution in [3.63, 3.8) is 0 Å². The average Bonchev–Trinajstić information content (AvgIpc) is 2.93. The predicted molar refractivity (Wildman–Crippen MR) is 74.6 cm³/mol. The van der Waals surface area contributed by atoms with E-state index in [2.05, 4.69) is 10.3 Å². The van der Waals surface area contributed by atoms with Gasteiger partial charge < -0.3 is 5.11 Å². The Labute approximate surface area is 119 Å². The normalized spacial score (nSPS) is 11.7. The van der Waals surface area contributed by atoms with Gasteiger partial charge in [-0.15, -0.1) is 16.4 Å². The van der Waals surface area contributed by atoms with E-state index >= 15 is 0 Å². The van der Waals surface area contributed by atoms with E-state index in [1.807, 2.05) is 5.38 Å². The molecule has 2 heterocycles. The second-order valence-electron chi connectivity index (χ2n) is 4.28. The molecular formula is C11H13N3O4S2. The Morgan fingerprint density at radius 1 is 1.50 bits per heavy atom. The number of aryl methyl sites for hydroxylation is 1. The lowest BCUT2D eigenvalue weighted by molar-refractivity contribution is 0.0691. The second-order valence-corrected chi connectivity index (χ2v) is 7.48. The zero-order chi connectivity index (χ0) is 14.8. The summed E-state index contributed by atoms with van der Waals surface area (Å²) in [6.45, 7) is 0.306. The maximum atomic E-state index is 11.2. The SMILES string of the molecule is CS(=O)(=O)CCCn1nnc(C(=O)O)c1-c1cccs1.